The van der Waals surface area contributed by atoms with E-state index in [2.05, 4.69) is 42.2 Å². The van der Waals surface area contributed by atoms with Crippen LogP contribution in [0.1, 0.15) is 29.3 Å². The van der Waals surface area contributed by atoms with E-state index in [4.69, 9.17) is 9.72 Å². The van der Waals surface area contributed by atoms with E-state index in [1.54, 1.807) is 0 Å². The van der Waals surface area contributed by atoms with E-state index in [0.717, 1.165) is 35.6 Å². The van der Waals surface area contributed by atoms with Crippen LogP contribution in [0.3, 0.4) is 0 Å². The average molecular weight is 264 g/mol. The summed E-state index contributed by atoms with van der Waals surface area (Å²) in [5.41, 5.74) is 4.64. The Balaban J connectivity index is 1.86. The molecule has 3 heteroatoms. The number of imidazole rings is 1. The van der Waals surface area contributed by atoms with Gasteiger partial charge in [-0.3, -0.25) is 0 Å². The molecule has 1 unspecified atom stereocenters. The fraction of sp³-hybridized carbons (Fsp3) is 0.235. The van der Waals surface area contributed by atoms with Crippen molar-refractivity contribution in [2.45, 2.75) is 19.3 Å². The van der Waals surface area contributed by atoms with E-state index in [1.807, 2.05) is 12.1 Å². The molecule has 0 spiro atoms. The molecule has 1 aliphatic heterocycles. The third-order valence-electron chi connectivity index (χ3n) is 4.02. The summed E-state index contributed by atoms with van der Waals surface area (Å²) >= 11 is 0. The monoisotopic (exact) mass is 264 g/mol. The highest BCUT2D eigenvalue weighted by molar-refractivity contribution is 5.78. The Hall–Kier alpha value is -2.29. The van der Waals surface area contributed by atoms with Gasteiger partial charge in [-0.2, -0.15) is 0 Å². The number of H-pyrrole nitrogens is 1. The standard InChI is InChI=1S/C17H16N2O/c1-11-5-4-7-14-16(11)19-17(18-14)13-9-10-20-15-8-3-2-6-12(13)15/h2-8,13H,9-10H2,1H3,(H,18,19). The van der Waals surface area contributed by atoms with Crippen molar-refractivity contribution < 1.29 is 4.74 Å². The van der Waals surface area contributed by atoms with Gasteiger partial charge in [0, 0.05) is 11.5 Å². The van der Waals surface area contributed by atoms with Gasteiger partial charge in [-0.1, -0.05) is 30.3 Å². The topological polar surface area (TPSA) is 37.9 Å². The van der Waals surface area contributed by atoms with E-state index in [-0.39, 0.29) is 0 Å². The third-order valence-corrected chi connectivity index (χ3v) is 4.02. The molecule has 3 aromatic rings. The van der Waals surface area contributed by atoms with Crippen molar-refractivity contribution in [2.24, 2.45) is 0 Å². The lowest BCUT2D eigenvalue weighted by atomic mass is 9.92. The van der Waals surface area contributed by atoms with Crippen molar-refractivity contribution in [3.63, 3.8) is 0 Å². The van der Waals surface area contributed by atoms with E-state index in [9.17, 15) is 0 Å². The first-order valence-corrected chi connectivity index (χ1v) is 7.00. The normalized spacial score (nSPS) is 17.8. The van der Waals surface area contributed by atoms with E-state index < -0.39 is 0 Å². The van der Waals surface area contributed by atoms with Crippen LogP contribution in [0, 0.1) is 6.92 Å². The summed E-state index contributed by atoms with van der Waals surface area (Å²) in [6, 6.07) is 14.5. The van der Waals surface area contributed by atoms with Crippen LogP contribution in [-0.2, 0) is 0 Å². The molecule has 2 aromatic carbocycles. The number of aryl methyl sites for hydroxylation is 1. The number of hydrogen-bond acceptors (Lipinski definition) is 2. The Morgan fingerprint density at radius 2 is 2.05 bits per heavy atom. The molecule has 0 bridgehead atoms. The highest BCUT2D eigenvalue weighted by Crippen LogP contribution is 2.37. The molecule has 0 saturated heterocycles. The fourth-order valence-electron chi connectivity index (χ4n) is 2.99. The summed E-state index contributed by atoms with van der Waals surface area (Å²) in [4.78, 5) is 8.30. The molecule has 20 heavy (non-hydrogen) atoms. The minimum Gasteiger partial charge on any atom is -0.493 e. The van der Waals surface area contributed by atoms with Crippen molar-refractivity contribution in [3.8, 4) is 5.75 Å². The second kappa shape index (κ2) is 4.37. The van der Waals surface area contributed by atoms with Crippen LogP contribution in [0.25, 0.3) is 11.0 Å². The van der Waals surface area contributed by atoms with Crippen LogP contribution in [0.15, 0.2) is 42.5 Å². The smallest absolute Gasteiger partial charge is 0.123 e. The lowest BCUT2D eigenvalue weighted by Gasteiger charge is -2.24. The van der Waals surface area contributed by atoms with Crippen molar-refractivity contribution in [2.75, 3.05) is 6.61 Å². The van der Waals surface area contributed by atoms with Gasteiger partial charge in [0.2, 0.25) is 0 Å². The molecule has 0 aliphatic carbocycles. The second-order valence-electron chi connectivity index (χ2n) is 5.32. The van der Waals surface area contributed by atoms with Gasteiger partial charge < -0.3 is 9.72 Å². The van der Waals surface area contributed by atoms with Crippen molar-refractivity contribution in [1.82, 2.24) is 9.97 Å². The van der Waals surface area contributed by atoms with E-state index >= 15 is 0 Å². The molecule has 0 amide bonds. The molecule has 1 aromatic heterocycles. The van der Waals surface area contributed by atoms with Crippen LogP contribution in [-0.4, -0.2) is 16.6 Å². The maximum atomic E-state index is 5.73. The Kier molecular flexibility index (Phi) is 2.52. The van der Waals surface area contributed by atoms with Gasteiger partial charge in [-0.05, 0) is 31.0 Å². The predicted octanol–water partition coefficient (Wildman–Crippen LogP) is 3.79. The number of fused-ring (bicyclic) bond motifs is 2. The predicted molar refractivity (Wildman–Crippen MR) is 79.2 cm³/mol. The third kappa shape index (κ3) is 1.70. The Labute approximate surface area is 117 Å². The van der Waals surface area contributed by atoms with Gasteiger partial charge in [-0.15, -0.1) is 0 Å². The summed E-state index contributed by atoms with van der Waals surface area (Å²) in [5, 5.41) is 0. The van der Waals surface area contributed by atoms with Gasteiger partial charge in [0.05, 0.1) is 17.6 Å². The van der Waals surface area contributed by atoms with Crippen LogP contribution >= 0.6 is 0 Å². The molecule has 0 radical (unpaired) electrons. The van der Waals surface area contributed by atoms with E-state index in [1.165, 1.54) is 11.1 Å². The summed E-state index contributed by atoms with van der Waals surface area (Å²) in [7, 11) is 0. The van der Waals surface area contributed by atoms with Gasteiger partial charge in [0.25, 0.3) is 0 Å². The molecule has 2 heterocycles. The summed E-state index contributed by atoms with van der Waals surface area (Å²) in [6.07, 6.45) is 0.968. The zero-order chi connectivity index (χ0) is 13.5. The Morgan fingerprint density at radius 1 is 1.15 bits per heavy atom. The maximum absolute atomic E-state index is 5.73. The van der Waals surface area contributed by atoms with E-state index in [0.29, 0.717) is 5.92 Å². The highest BCUT2D eigenvalue weighted by Gasteiger charge is 2.25. The molecular weight excluding hydrogens is 248 g/mol. The number of nitrogens with zero attached hydrogens (tertiary/aromatic N) is 1. The summed E-state index contributed by atoms with van der Waals surface area (Å²) < 4.78 is 5.73. The van der Waals surface area contributed by atoms with Crippen molar-refractivity contribution in [1.29, 1.82) is 0 Å². The second-order valence-corrected chi connectivity index (χ2v) is 5.32. The van der Waals surface area contributed by atoms with Gasteiger partial charge in [-0.25, -0.2) is 4.98 Å². The molecule has 100 valence electrons. The largest absolute Gasteiger partial charge is 0.493 e. The highest BCUT2D eigenvalue weighted by atomic mass is 16.5. The number of nitrogens with one attached hydrogen (secondary N) is 1. The summed E-state index contributed by atoms with van der Waals surface area (Å²) in [6.45, 7) is 2.85. The lowest BCUT2D eigenvalue weighted by molar-refractivity contribution is 0.275. The molecule has 0 fully saturated rings. The zero-order valence-electron chi connectivity index (χ0n) is 11.4. The molecule has 1 atom stereocenters. The van der Waals surface area contributed by atoms with Crippen molar-refractivity contribution >= 4 is 11.0 Å². The van der Waals surface area contributed by atoms with Gasteiger partial charge >= 0.3 is 0 Å². The quantitative estimate of drug-likeness (QED) is 0.726. The minimum atomic E-state index is 0.298. The number of aromatic amines is 1. The Bertz CT molecular complexity index is 776. The van der Waals surface area contributed by atoms with Gasteiger partial charge in [0.15, 0.2) is 0 Å². The number of para-hydroxylation sites is 2. The zero-order valence-corrected chi connectivity index (χ0v) is 11.4. The van der Waals surface area contributed by atoms with Crippen LogP contribution in [0.5, 0.6) is 5.75 Å². The lowest BCUT2D eigenvalue weighted by Crippen LogP contribution is -2.16. The molecule has 1 aliphatic rings. The number of ether oxygens (including phenoxy) is 1. The average Bonchev–Trinajstić information content (AvgIpc) is 2.92. The first-order chi connectivity index (χ1) is 9.83. The molecule has 4 rings (SSSR count). The SMILES string of the molecule is Cc1cccc2[nH]c(C3CCOc4ccccc43)nc12. The van der Waals surface area contributed by atoms with Crippen molar-refractivity contribution in [3.05, 3.63) is 59.4 Å². The van der Waals surface area contributed by atoms with Crippen LogP contribution in [0.2, 0.25) is 0 Å². The van der Waals surface area contributed by atoms with Crippen LogP contribution < -0.4 is 4.74 Å². The molecule has 1 N–H and O–H groups in total. The first-order valence-electron chi connectivity index (χ1n) is 7.00. The Morgan fingerprint density at radius 3 is 2.95 bits per heavy atom. The maximum Gasteiger partial charge on any atom is 0.123 e. The first kappa shape index (κ1) is 11.5. The minimum absolute atomic E-state index is 0.298. The molecule has 3 nitrogen and oxygen atoms in total. The fourth-order valence-corrected chi connectivity index (χ4v) is 2.99. The number of benzene rings is 2. The molecule has 0 saturated carbocycles. The number of aromatic nitrogens is 2. The van der Waals surface area contributed by atoms with Gasteiger partial charge in [0.1, 0.15) is 11.6 Å². The summed E-state index contributed by atoms with van der Waals surface area (Å²) in [5.74, 6) is 2.33. The number of rotatable bonds is 1. The molecular formula is C17H16N2O. The van der Waals surface area contributed by atoms with Crippen LogP contribution in [0.4, 0.5) is 0 Å². The number of hydrogen-bond donors (Lipinski definition) is 1.